The molecule has 0 N–H and O–H groups in total. The van der Waals surface area contributed by atoms with E-state index >= 15 is 0 Å². The van der Waals surface area contributed by atoms with E-state index in [2.05, 4.69) is 16.9 Å². The lowest BCUT2D eigenvalue weighted by atomic mass is 10.2. The van der Waals surface area contributed by atoms with Crippen LogP contribution in [0.4, 0.5) is 4.39 Å². The summed E-state index contributed by atoms with van der Waals surface area (Å²) < 4.78 is 18.7. The molecular weight excluding hydrogens is 285 g/mol. The van der Waals surface area contributed by atoms with Crippen molar-refractivity contribution < 1.29 is 13.9 Å². The van der Waals surface area contributed by atoms with Gasteiger partial charge in [0.25, 0.3) is 5.91 Å². The zero-order chi connectivity index (χ0) is 15.5. The van der Waals surface area contributed by atoms with Crippen LogP contribution in [0.3, 0.4) is 0 Å². The Kier molecular flexibility index (Phi) is 4.69. The van der Waals surface area contributed by atoms with Gasteiger partial charge in [-0.25, -0.2) is 9.37 Å². The van der Waals surface area contributed by atoms with Gasteiger partial charge in [-0.05, 0) is 37.9 Å². The Balaban J connectivity index is 1.55. The molecule has 0 spiro atoms. The summed E-state index contributed by atoms with van der Waals surface area (Å²) in [6.45, 7) is 3.59. The van der Waals surface area contributed by atoms with Crippen molar-refractivity contribution in [3.8, 4) is 0 Å². The predicted molar refractivity (Wildman–Crippen MR) is 80.1 cm³/mol. The van der Waals surface area contributed by atoms with Gasteiger partial charge in [0.05, 0.1) is 18.9 Å². The minimum absolute atomic E-state index is 0.0295. The van der Waals surface area contributed by atoms with Gasteiger partial charge >= 0.3 is 0 Å². The number of amides is 1. The molecule has 2 fully saturated rings. The van der Waals surface area contributed by atoms with Gasteiger partial charge in [-0.1, -0.05) is 0 Å². The van der Waals surface area contributed by atoms with Crippen LogP contribution in [-0.2, 0) is 4.74 Å². The van der Waals surface area contributed by atoms with E-state index in [1.54, 1.807) is 4.90 Å². The number of aromatic nitrogens is 1. The molecule has 1 aromatic rings. The van der Waals surface area contributed by atoms with Crippen LogP contribution in [0.1, 0.15) is 23.3 Å². The van der Waals surface area contributed by atoms with Gasteiger partial charge in [-0.15, -0.1) is 0 Å². The molecule has 1 atom stereocenters. The van der Waals surface area contributed by atoms with Gasteiger partial charge in [0.2, 0.25) is 0 Å². The maximum atomic E-state index is 12.9. The molecule has 1 amide bonds. The number of carbonyl (C=O) groups excluding carboxylic acids is 1. The number of carbonyl (C=O) groups is 1. The molecule has 22 heavy (non-hydrogen) atoms. The fraction of sp³-hybridized carbons (Fsp3) is 0.625. The van der Waals surface area contributed by atoms with E-state index in [0.29, 0.717) is 19.7 Å². The number of nitrogens with zero attached hydrogens (tertiary/aromatic N) is 3. The molecule has 2 heterocycles. The van der Waals surface area contributed by atoms with Crippen LogP contribution >= 0.6 is 0 Å². The largest absolute Gasteiger partial charge is 0.373 e. The third-order valence-corrected chi connectivity index (χ3v) is 4.15. The average molecular weight is 307 g/mol. The summed E-state index contributed by atoms with van der Waals surface area (Å²) in [4.78, 5) is 20.3. The molecule has 1 aliphatic carbocycles. The van der Waals surface area contributed by atoms with E-state index in [0.717, 1.165) is 25.2 Å². The minimum atomic E-state index is -0.432. The minimum Gasteiger partial charge on any atom is -0.373 e. The first-order valence-electron chi connectivity index (χ1n) is 7.83. The Labute approximate surface area is 130 Å². The molecule has 120 valence electrons. The molecule has 0 bridgehead atoms. The predicted octanol–water partition coefficient (Wildman–Crippen LogP) is 1.40. The SMILES string of the molecule is CN(CC1CC1)C[C@H]1CN(C(=O)c2ccc(F)cn2)CCO1. The smallest absolute Gasteiger partial charge is 0.272 e. The summed E-state index contributed by atoms with van der Waals surface area (Å²) in [6.07, 6.45) is 3.77. The molecular formula is C16H22FN3O2. The standard InChI is InChI=1S/C16H22FN3O2/c1-19(9-12-2-3-12)10-14-11-20(6-7-22-14)16(21)15-5-4-13(17)8-18-15/h4-5,8,12,14H,2-3,6-7,9-11H2,1H3/t14-/m0/s1. The van der Waals surface area contributed by atoms with Crippen LogP contribution in [0.5, 0.6) is 0 Å². The van der Waals surface area contributed by atoms with Gasteiger partial charge in [0, 0.05) is 26.2 Å². The summed E-state index contributed by atoms with van der Waals surface area (Å²) in [5, 5.41) is 0. The highest BCUT2D eigenvalue weighted by Crippen LogP contribution is 2.29. The second-order valence-corrected chi connectivity index (χ2v) is 6.27. The third kappa shape index (κ3) is 4.01. The Morgan fingerprint density at radius 1 is 1.45 bits per heavy atom. The normalized spacial score (nSPS) is 22.1. The van der Waals surface area contributed by atoms with Gasteiger partial charge in [0.1, 0.15) is 11.5 Å². The van der Waals surface area contributed by atoms with E-state index in [1.807, 2.05) is 0 Å². The zero-order valence-corrected chi connectivity index (χ0v) is 12.9. The first-order chi connectivity index (χ1) is 10.6. The summed E-state index contributed by atoms with van der Waals surface area (Å²) in [5.74, 6) is 0.256. The van der Waals surface area contributed by atoms with Crippen LogP contribution in [0, 0.1) is 11.7 Å². The highest BCUT2D eigenvalue weighted by atomic mass is 19.1. The number of likely N-dealkylation sites (N-methyl/N-ethyl adjacent to an activating group) is 1. The Bertz CT molecular complexity index is 519. The van der Waals surface area contributed by atoms with Gasteiger partial charge < -0.3 is 14.5 Å². The van der Waals surface area contributed by atoms with E-state index in [9.17, 15) is 9.18 Å². The van der Waals surface area contributed by atoms with Gasteiger partial charge in [0.15, 0.2) is 0 Å². The topological polar surface area (TPSA) is 45.7 Å². The van der Waals surface area contributed by atoms with Crippen LogP contribution in [0.2, 0.25) is 0 Å². The molecule has 1 aromatic heterocycles. The molecule has 5 nitrogen and oxygen atoms in total. The van der Waals surface area contributed by atoms with E-state index in [4.69, 9.17) is 4.74 Å². The Morgan fingerprint density at radius 2 is 2.27 bits per heavy atom. The highest BCUT2D eigenvalue weighted by molar-refractivity contribution is 5.92. The monoisotopic (exact) mass is 307 g/mol. The highest BCUT2D eigenvalue weighted by Gasteiger charge is 2.28. The third-order valence-electron chi connectivity index (χ3n) is 4.15. The molecule has 3 rings (SSSR count). The molecule has 2 aliphatic rings. The van der Waals surface area contributed by atoms with Crippen molar-refractivity contribution in [1.29, 1.82) is 0 Å². The van der Waals surface area contributed by atoms with Crippen LogP contribution in [-0.4, -0.2) is 66.6 Å². The molecule has 0 aromatic carbocycles. The Morgan fingerprint density at radius 3 is 2.95 bits per heavy atom. The summed E-state index contributed by atoms with van der Waals surface area (Å²) in [7, 11) is 2.10. The molecule has 6 heteroatoms. The van der Waals surface area contributed by atoms with E-state index in [1.165, 1.54) is 25.0 Å². The molecule has 0 radical (unpaired) electrons. The molecule has 1 saturated carbocycles. The number of ether oxygens (including phenoxy) is 1. The second-order valence-electron chi connectivity index (χ2n) is 6.27. The number of hydrogen-bond acceptors (Lipinski definition) is 4. The quantitative estimate of drug-likeness (QED) is 0.825. The Hall–Kier alpha value is -1.53. The average Bonchev–Trinajstić information content (AvgIpc) is 3.31. The van der Waals surface area contributed by atoms with Crippen LogP contribution in [0.25, 0.3) is 0 Å². The lowest BCUT2D eigenvalue weighted by Gasteiger charge is -2.34. The zero-order valence-electron chi connectivity index (χ0n) is 12.9. The van der Waals surface area contributed by atoms with E-state index < -0.39 is 5.82 Å². The number of pyridine rings is 1. The van der Waals surface area contributed by atoms with Crippen molar-refractivity contribution in [1.82, 2.24) is 14.8 Å². The number of hydrogen-bond donors (Lipinski definition) is 0. The van der Waals surface area contributed by atoms with Crippen molar-refractivity contribution in [2.24, 2.45) is 5.92 Å². The molecule has 0 unspecified atom stereocenters. The fourth-order valence-electron chi connectivity index (χ4n) is 2.84. The lowest BCUT2D eigenvalue weighted by Crippen LogP contribution is -2.49. The van der Waals surface area contributed by atoms with Gasteiger partial charge in [-0.3, -0.25) is 4.79 Å². The van der Waals surface area contributed by atoms with Crippen molar-refractivity contribution in [2.75, 3.05) is 39.8 Å². The first-order valence-corrected chi connectivity index (χ1v) is 7.83. The number of morpholine rings is 1. The van der Waals surface area contributed by atoms with Gasteiger partial charge in [-0.2, -0.15) is 0 Å². The van der Waals surface area contributed by atoms with Crippen molar-refractivity contribution in [3.63, 3.8) is 0 Å². The summed E-state index contributed by atoms with van der Waals surface area (Å²) in [5.41, 5.74) is 0.286. The van der Waals surface area contributed by atoms with E-state index in [-0.39, 0.29) is 17.7 Å². The fourth-order valence-corrected chi connectivity index (χ4v) is 2.84. The molecule has 1 saturated heterocycles. The molecule has 1 aliphatic heterocycles. The summed E-state index contributed by atoms with van der Waals surface area (Å²) in [6, 6.07) is 2.70. The van der Waals surface area contributed by atoms with Crippen LogP contribution < -0.4 is 0 Å². The maximum absolute atomic E-state index is 12.9. The number of halogens is 1. The summed E-state index contributed by atoms with van der Waals surface area (Å²) >= 11 is 0. The van der Waals surface area contributed by atoms with Crippen LogP contribution in [0.15, 0.2) is 18.3 Å². The van der Waals surface area contributed by atoms with Crippen molar-refractivity contribution in [2.45, 2.75) is 18.9 Å². The maximum Gasteiger partial charge on any atom is 0.272 e. The van der Waals surface area contributed by atoms with Crippen molar-refractivity contribution >= 4 is 5.91 Å². The van der Waals surface area contributed by atoms with Crippen molar-refractivity contribution in [3.05, 3.63) is 29.8 Å². The number of rotatable bonds is 5. The lowest BCUT2D eigenvalue weighted by molar-refractivity contribution is -0.0335. The first kappa shape index (κ1) is 15.4. The second kappa shape index (κ2) is 6.71.